The first kappa shape index (κ1) is 15.2. The van der Waals surface area contributed by atoms with E-state index in [2.05, 4.69) is 16.9 Å². The third-order valence-corrected chi connectivity index (χ3v) is 2.59. The lowest BCUT2D eigenvalue weighted by atomic mass is 10.1. The van der Waals surface area contributed by atoms with Crippen molar-refractivity contribution in [1.29, 1.82) is 0 Å². The summed E-state index contributed by atoms with van der Waals surface area (Å²) in [4.78, 5) is 21.8. The number of hydrogen-bond donors (Lipinski definition) is 0. The standard InChI is InChI=1S/C15H20O4/c1-13(16)18-11-12-19-15(17)10-6-5-9-14-7-3-2-4-8-14/h2-4,7-8H,5-6,9-12H2,1H3. The van der Waals surface area contributed by atoms with Gasteiger partial charge >= 0.3 is 11.9 Å². The second kappa shape index (κ2) is 9.14. The smallest absolute Gasteiger partial charge is 0.305 e. The number of aryl methyl sites for hydroxylation is 1. The molecule has 0 saturated carbocycles. The molecule has 0 aliphatic carbocycles. The molecule has 0 fully saturated rings. The highest BCUT2D eigenvalue weighted by molar-refractivity contribution is 5.69. The molecule has 1 aromatic carbocycles. The van der Waals surface area contributed by atoms with Crippen LogP contribution >= 0.6 is 0 Å². The summed E-state index contributed by atoms with van der Waals surface area (Å²) in [5.74, 6) is -0.598. The van der Waals surface area contributed by atoms with Crippen molar-refractivity contribution in [1.82, 2.24) is 0 Å². The summed E-state index contributed by atoms with van der Waals surface area (Å²) >= 11 is 0. The fourth-order valence-corrected chi connectivity index (χ4v) is 1.66. The number of ether oxygens (including phenoxy) is 2. The Labute approximate surface area is 113 Å². The predicted molar refractivity (Wildman–Crippen MR) is 71.6 cm³/mol. The molecule has 0 aliphatic rings. The largest absolute Gasteiger partial charge is 0.462 e. The average molecular weight is 264 g/mol. The maximum absolute atomic E-state index is 11.3. The fraction of sp³-hybridized carbons (Fsp3) is 0.467. The summed E-state index contributed by atoms with van der Waals surface area (Å²) in [5, 5.41) is 0. The first-order chi connectivity index (χ1) is 9.18. The van der Waals surface area contributed by atoms with Crippen LogP contribution in [-0.4, -0.2) is 25.2 Å². The van der Waals surface area contributed by atoms with Gasteiger partial charge in [-0.05, 0) is 24.8 Å². The van der Waals surface area contributed by atoms with Crippen LogP contribution in [-0.2, 0) is 25.5 Å². The lowest BCUT2D eigenvalue weighted by molar-refractivity contribution is -0.151. The van der Waals surface area contributed by atoms with Crippen LogP contribution in [0.1, 0.15) is 31.7 Å². The summed E-state index contributed by atoms with van der Waals surface area (Å²) < 4.78 is 9.59. The molecule has 0 unspecified atom stereocenters. The van der Waals surface area contributed by atoms with E-state index >= 15 is 0 Å². The number of carbonyl (C=O) groups excluding carboxylic acids is 2. The molecule has 19 heavy (non-hydrogen) atoms. The Morgan fingerprint density at radius 2 is 1.68 bits per heavy atom. The number of carbonyl (C=O) groups is 2. The van der Waals surface area contributed by atoms with Crippen molar-refractivity contribution in [2.45, 2.75) is 32.6 Å². The maximum atomic E-state index is 11.3. The van der Waals surface area contributed by atoms with Crippen molar-refractivity contribution >= 4 is 11.9 Å². The van der Waals surface area contributed by atoms with Gasteiger partial charge in [-0.2, -0.15) is 0 Å². The Kier molecular flexibility index (Phi) is 7.32. The summed E-state index contributed by atoms with van der Waals surface area (Å²) in [5.41, 5.74) is 1.28. The molecule has 0 atom stereocenters. The predicted octanol–water partition coefficient (Wildman–Crippen LogP) is 2.51. The van der Waals surface area contributed by atoms with Gasteiger partial charge in [-0.25, -0.2) is 0 Å². The van der Waals surface area contributed by atoms with Gasteiger partial charge in [0.2, 0.25) is 0 Å². The van der Waals surface area contributed by atoms with Crippen LogP contribution in [0.4, 0.5) is 0 Å². The van der Waals surface area contributed by atoms with E-state index in [-0.39, 0.29) is 25.2 Å². The maximum Gasteiger partial charge on any atom is 0.305 e. The summed E-state index contributed by atoms with van der Waals surface area (Å²) in [6, 6.07) is 10.2. The normalized spacial score (nSPS) is 9.95. The van der Waals surface area contributed by atoms with Crippen LogP contribution in [0.5, 0.6) is 0 Å². The van der Waals surface area contributed by atoms with E-state index in [1.165, 1.54) is 12.5 Å². The SMILES string of the molecule is CC(=O)OCCOC(=O)CCCCc1ccccc1. The van der Waals surface area contributed by atoms with Crippen LogP contribution in [0.3, 0.4) is 0 Å². The molecule has 0 saturated heterocycles. The quantitative estimate of drug-likeness (QED) is 0.535. The minimum Gasteiger partial charge on any atom is -0.462 e. The topological polar surface area (TPSA) is 52.6 Å². The van der Waals surface area contributed by atoms with Gasteiger partial charge in [0.05, 0.1) is 0 Å². The zero-order valence-corrected chi connectivity index (χ0v) is 11.3. The van der Waals surface area contributed by atoms with Crippen LogP contribution in [0.2, 0.25) is 0 Å². The molecule has 0 spiro atoms. The lowest BCUT2D eigenvalue weighted by Gasteiger charge is -2.05. The Balaban J connectivity index is 2.00. The molecule has 0 radical (unpaired) electrons. The highest BCUT2D eigenvalue weighted by atomic mass is 16.6. The molecule has 104 valence electrons. The van der Waals surface area contributed by atoms with Crippen molar-refractivity contribution in [2.24, 2.45) is 0 Å². The first-order valence-electron chi connectivity index (χ1n) is 6.51. The van der Waals surface area contributed by atoms with Crippen molar-refractivity contribution in [3.05, 3.63) is 35.9 Å². The molecule has 0 amide bonds. The van der Waals surface area contributed by atoms with Gasteiger partial charge in [0.25, 0.3) is 0 Å². The second-order valence-corrected chi connectivity index (χ2v) is 4.25. The highest BCUT2D eigenvalue weighted by Gasteiger charge is 2.03. The van der Waals surface area contributed by atoms with Crippen molar-refractivity contribution in [2.75, 3.05) is 13.2 Å². The molecule has 1 aromatic rings. The van der Waals surface area contributed by atoms with Gasteiger partial charge in [-0.15, -0.1) is 0 Å². The van der Waals surface area contributed by atoms with Crippen molar-refractivity contribution < 1.29 is 19.1 Å². The monoisotopic (exact) mass is 264 g/mol. The summed E-state index contributed by atoms with van der Waals surface area (Å²) in [7, 11) is 0. The van der Waals surface area contributed by atoms with E-state index < -0.39 is 0 Å². The molecular weight excluding hydrogens is 244 g/mol. The number of benzene rings is 1. The minimum absolute atomic E-state index is 0.130. The number of rotatable bonds is 8. The van der Waals surface area contributed by atoms with E-state index in [1.807, 2.05) is 18.2 Å². The van der Waals surface area contributed by atoms with E-state index in [0.717, 1.165) is 19.3 Å². The van der Waals surface area contributed by atoms with Crippen LogP contribution in [0.15, 0.2) is 30.3 Å². The summed E-state index contributed by atoms with van der Waals surface area (Å²) in [6.45, 7) is 1.59. The van der Waals surface area contributed by atoms with Gasteiger partial charge in [0, 0.05) is 13.3 Å². The van der Waals surface area contributed by atoms with E-state index in [1.54, 1.807) is 0 Å². The van der Waals surface area contributed by atoms with E-state index in [9.17, 15) is 9.59 Å². The Hall–Kier alpha value is -1.84. The van der Waals surface area contributed by atoms with Crippen LogP contribution in [0.25, 0.3) is 0 Å². The molecule has 0 heterocycles. The zero-order chi connectivity index (χ0) is 13.9. The molecule has 4 nitrogen and oxygen atoms in total. The van der Waals surface area contributed by atoms with Crippen molar-refractivity contribution in [3.63, 3.8) is 0 Å². The first-order valence-corrected chi connectivity index (χ1v) is 6.51. The van der Waals surface area contributed by atoms with Gasteiger partial charge < -0.3 is 9.47 Å². The van der Waals surface area contributed by atoms with Crippen LogP contribution in [0, 0.1) is 0 Å². The average Bonchev–Trinajstić information content (AvgIpc) is 2.41. The van der Waals surface area contributed by atoms with Gasteiger partial charge in [-0.1, -0.05) is 30.3 Å². The Morgan fingerprint density at radius 1 is 1.00 bits per heavy atom. The van der Waals surface area contributed by atoms with Gasteiger partial charge in [-0.3, -0.25) is 9.59 Å². The molecule has 0 aliphatic heterocycles. The molecular formula is C15H20O4. The third kappa shape index (κ3) is 7.97. The zero-order valence-electron chi connectivity index (χ0n) is 11.3. The third-order valence-electron chi connectivity index (χ3n) is 2.59. The second-order valence-electron chi connectivity index (χ2n) is 4.25. The number of unbranched alkanes of at least 4 members (excludes halogenated alkanes) is 1. The Bertz CT molecular complexity index is 386. The molecule has 0 N–H and O–H groups in total. The molecule has 0 aromatic heterocycles. The lowest BCUT2D eigenvalue weighted by Crippen LogP contribution is -2.12. The molecule has 0 bridgehead atoms. The Morgan fingerprint density at radius 3 is 2.37 bits per heavy atom. The highest BCUT2D eigenvalue weighted by Crippen LogP contribution is 2.06. The van der Waals surface area contributed by atoms with E-state index in [4.69, 9.17) is 4.74 Å². The molecule has 1 rings (SSSR count). The van der Waals surface area contributed by atoms with Gasteiger partial charge in [0.1, 0.15) is 13.2 Å². The molecule has 4 heteroatoms. The number of esters is 2. The summed E-state index contributed by atoms with van der Waals surface area (Å²) in [6.07, 6.45) is 3.15. The fourth-order valence-electron chi connectivity index (χ4n) is 1.66. The minimum atomic E-state index is -0.362. The van der Waals surface area contributed by atoms with E-state index in [0.29, 0.717) is 6.42 Å². The van der Waals surface area contributed by atoms with Gasteiger partial charge in [0.15, 0.2) is 0 Å². The van der Waals surface area contributed by atoms with Crippen LogP contribution < -0.4 is 0 Å². The van der Waals surface area contributed by atoms with Crippen molar-refractivity contribution in [3.8, 4) is 0 Å². The number of hydrogen-bond acceptors (Lipinski definition) is 4.